The van der Waals surface area contributed by atoms with Crippen molar-refractivity contribution < 1.29 is 0 Å². The van der Waals surface area contributed by atoms with Crippen LogP contribution in [-0.4, -0.2) is 19.6 Å². The maximum absolute atomic E-state index is 11.4. The Morgan fingerprint density at radius 1 is 1.43 bits per heavy atom. The summed E-state index contributed by atoms with van der Waals surface area (Å²) in [6.45, 7) is 5.78. The lowest BCUT2D eigenvalue weighted by Crippen LogP contribution is -2.14. The zero-order chi connectivity index (χ0) is 10.3. The summed E-state index contributed by atoms with van der Waals surface area (Å²) in [4.78, 5) is 15.7. The Hall–Kier alpha value is -1.65. The Kier molecular flexibility index (Phi) is 1.87. The van der Waals surface area contributed by atoms with Crippen molar-refractivity contribution in [3.63, 3.8) is 0 Å². The molecule has 2 aromatic heterocycles. The summed E-state index contributed by atoms with van der Waals surface area (Å²) in [5, 5.41) is 6.40. The first-order valence-electron chi connectivity index (χ1n) is 4.58. The number of fused-ring (bicyclic) bond motifs is 1. The van der Waals surface area contributed by atoms with Crippen molar-refractivity contribution in [1.82, 2.24) is 19.6 Å². The van der Waals surface area contributed by atoms with Crippen molar-refractivity contribution in [2.75, 3.05) is 0 Å². The van der Waals surface area contributed by atoms with Crippen LogP contribution in [0.4, 0.5) is 0 Å². The second-order valence-corrected chi connectivity index (χ2v) is 3.27. The van der Waals surface area contributed by atoms with Crippen molar-refractivity contribution in [2.45, 2.75) is 27.2 Å². The molecule has 14 heavy (non-hydrogen) atoms. The van der Waals surface area contributed by atoms with E-state index in [-0.39, 0.29) is 5.69 Å². The Labute approximate surface area is 80.8 Å². The number of aromatic amines is 1. The quantitative estimate of drug-likeness (QED) is 0.719. The van der Waals surface area contributed by atoms with Crippen molar-refractivity contribution in [3.05, 3.63) is 27.6 Å². The maximum Gasteiger partial charge on any atom is 0.349 e. The van der Waals surface area contributed by atoms with Gasteiger partial charge in [0.1, 0.15) is 5.82 Å². The first-order valence-corrected chi connectivity index (χ1v) is 4.58. The number of H-pyrrole nitrogens is 1. The molecule has 0 aliphatic heterocycles. The number of nitrogens with one attached hydrogen (secondary N) is 1. The van der Waals surface area contributed by atoms with Crippen LogP contribution in [0.2, 0.25) is 0 Å². The molecule has 0 fully saturated rings. The molecule has 0 unspecified atom stereocenters. The normalized spacial score (nSPS) is 11.1. The van der Waals surface area contributed by atoms with Crippen LogP contribution >= 0.6 is 0 Å². The molecule has 0 radical (unpaired) electrons. The molecule has 1 N–H and O–H groups in total. The first kappa shape index (κ1) is 8.93. The van der Waals surface area contributed by atoms with Gasteiger partial charge in [-0.15, -0.1) is 0 Å². The van der Waals surface area contributed by atoms with E-state index >= 15 is 0 Å². The summed E-state index contributed by atoms with van der Waals surface area (Å²) in [6, 6.07) is 0. The van der Waals surface area contributed by atoms with E-state index < -0.39 is 0 Å². The molecule has 0 aromatic carbocycles. The fourth-order valence-electron chi connectivity index (χ4n) is 1.65. The topological polar surface area (TPSA) is 63.1 Å². The minimum Gasteiger partial charge on any atom is -0.246 e. The minimum absolute atomic E-state index is 0.226. The molecule has 0 aliphatic rings. The molecular formula is C9H12N4O. The van der Waals surface area contributed by atoms with Crippen LogP contribution in [0.25, 0.3) is 5.65 Å². The molecule has 74 valence electrons. The molecule has 5 nitrogen and oxygen atoms in total. The van der Waals surface area contributed by atoms with Crippen molar-refractivity contribution >= 4 is 5.65 Å². The van der Waals surface area contributed by atoms with Gasteiger partial charge >= 0.3 is 5.69 Å². The van der Waals surface area contributed by atoms with E-state index in [1.165, 1.54) is 4.40 Å². The summed E-state index contributed by atoms with van der Waals surface area (Å²) in [5.74, 6) is 0.682. The number of aromatic nitrogens is 4. The van der Waals surface area contributed by atoms with E-state index in [9.17, 15) is 4.79 Å². The lowest BCUT2D eigenvalue weighted by Gasteiger charge is -2.05. The zero-order valence-corrected chi connectivity index (χ0v) is 8.46. The van der Waals surface area contributed by atoms with E-state index in [1.807, 2.05) is 20.8 Å². The minimum atomic E-state index is -0.226. The molecule has 0 saturated heterocycles. The van der Waals surface area contributed by atoms with Gasteiger partial charge in [0.25, 0.3) is 0 Å². The third kappa shape index (κ3) is 1.05. The van der Waals surface area contributed by atoms with E-state index in [2.05, 4.69) is 15.2 Å². The summed E-state index contributed by atoms with van der Waals surface area (Å²) >= 11 is 0. The third-order valence-corrected chi connectivity index (χ3v) is 2.40. The summed E-state index contributed by atoms with van der Waals surface area (Å²) < 4.78 is 1.49. The molecule has 0 bridgehead atoms. The van der Waals surface area contributed by atoms with Crippen LogP contribution in [0.3, 0.4) is 0 Å². The Balaban J connectivity index is 2.96. The van der Waals surface area contributed by atoms with Gasteiger partial charge in [-0.3, -0.25) is 0 Å². The zero-order valence-electron chi connectivity index (χ0n) is 8.46. The standard InChI is InChI=1S/C9H12N4O/c1-4-7-5(2)8-11-12-9(14)13(8)6(3)10-7/h4H2,1-3H3,(H,12,14). The Morgan fingerprint density at radius 2 is 2.14 bits per heavy atom. The highest BCUT2D eigenvalue weighted by atomic mass is 16.1. The van der Waals surface area contributed by atoms with Gasteiger partial charge in [-0.2, -0.15) is 5.10 Å². The average Bonchev–Trinajstić information content (AvgIpc) is 2.54. The summed E-state index contributed by atoms with van der Waals surface area (Å²) in [7, 11) is 0. The van der Waals surface area contributed by atoms with Crippen molar-refractivity contribution in [2.24, 2.45) is 0 Å². The Bertz CT molecular complexity index is 537. The Morgan fingerprint density at radius 3 is 2.79 bits per heavy atom. The van der Waals surface area contributed by atoms with Gasteiger partial charge in [-0.05, 0) is 20.3 Å². The molecule has 0 atom stereocenters. The lowest BCUT2D eigenvalue weighted by atomic mass is 10.2. The largest absolute Gasteiger partial charge is 0.349 e. The predicted octanol–water partition coefficient (Wildman–Crippen LogP) is 0.597. The van der Waals surface area contributed by atoms with E-state index in [0.717, 1.165) is 17.7 Å². The second kappa shape index (κ2) is 2.94. The van der Waals surface area contributed by atoms with Gasteiger partial charge in [0.05, 0.1) is 0 Å². The fourth-order valence-corrected chi connectivity index (χ4v) is 1.65. The van der Waals surface area contributed by atoms with Crippen molar-refractivity contribution in [3.8, 4) is 0 Å². The highest BCUT2D eigenvalue weighted by Crippen LogP contribution is 2.11. The number of hydrogen-bond acceptors (Lipinski definition) is 3. The van der Waals surface area contributed by atoms with E-state index in [4.69, 9.17) is 0 Å². The summed E-state index contributed by atoms with van der Waals surface area (Å²) in [5.41, 5.74) is 2.42. The maximum atomic E-state index is 11.4. The van der Waals surface area contributed by atoms with Crippen LogP contribution in [0, 0.1) is 13.8 Å². The predicted molar refractivity (Wildman–Crippen MR) is 52.5 cm³/mol. The number of aryl methyl sites for hydroxylation is 3. The third-order valence-electron chi connectivity index (χ3n) is 2.40. The molecule has 0 aliphatic carbocycles. The smallest absolute Gasteiger partial charge is 0.246 e. The summed E-state index contributed by atoms with van der Waals surface area (Å²) in [6.07, 6.45) is 0.851. The van der Waals surface area contributed by atoms with E-state index in [1.54, 1.807) is 0 Å². The second-order valence-electron chi connectivity index (χ2n) is 3.27. The average molecular weight is 192 g/mol. The van der Waals surface area contributed by atoms with Crippen LogP contribution < -0.4 is 5.69 Å². The van der Waals surface area contributed by atoms with Gasteiger partial charge in [0.2, 0.25) is 0 Å². The van der Waals surface area contributed by atoms with Gasteiger partial charge in [0, 0.05) is 11.3 Å². The molecule has 0 amide bonds. The molecule has 2 aromatic rings. The van der Waals surface area contributed by atoms with E-state index in [0.29, 0.717) is 11.5 Å². The monoisotopic (exact) mass is 192 g/mol. The van der Waals surface area contributed by atoms with Crippen LogP contribution in [0.5, 0.6) is 0 Å². The molecule has 2 rings (SSSR count). The molecule has 2 heterocycles. The highest BCUT2D eigenvalue weighted by molar-refractivity contribution is 5.48. The lowest BCUT2D eigenvalue weighted by molar-refractivity contribution is 0.881. The number of nitrogens with zero attached hydrogens (tertiary/aromatic N) is 3. The van der Waals surface area contributed by atoms with Gasteiger partial charge in [0.15, 0.2) is 5.65 Å². The van der Waals surface area contributed by atoms with Crippen LogP contribution in [0.15, 0.2) is 4.79 Å². The van der Waals surface area contributed by atoms with Gasteiger partial charge in [-0.1, -0.05) is 6.92 Å². The highest BCUT2D eigenvalue weighted by Gasteiger charge is 2.10. The van der Waals surface area contributed by atoms with Gasteiger partial charge < -0.3 is 0 Å². The molecular weight excluding hydrogens is 180 g/mol. The van der Waals surface area contributed by atoms with Crippen molar-refractivity contribution in [1.29, 1.82) is 0 Å². The first-order chi connectivity index (χ1) is 6.65. The molecule has 0 saturated carbocycles. The number of hydrogen-bond donors (Lipinski definition) is 1. The van der Waals surface area contributed by atoms with Gasteiger partial charge in [-0.25, -0.2) is 19.3 Å². The van der Waals surface area contributed by atoms with Crippen LogP contribution in [0.1, 0.15) is 24.0 Å². The van der Waals surface area contributed by atoms with Crippen LogP contribution in [-0.2, 0) is 6.42 Å². The molecule has 5 heteroatoms. The fraction of sp³-hybridized carbons (Fsp3) is 0.444. The SMILES string of the molecule is CCc1nc(C)n2c(=O)[nH]nc2c1C. The number of rotatable bonds is 1. The molecule has 0 spiro atoms.